The highest BCUT2D eigenvalue weighted by atomic mass is 19.1. The Labute approximate surface area is 86.0 Å². The van der Waals surface area contributed by atoms with E-state index in [0.717, 1.165) is 0 Å². The van der Waals surface area contributed by atoms with E-state index in [4.69, 9.17) is 11.6 Å². The zero-order valence-corrected chi connectivity index (χ0v) is 8.20. The molecule has 0 saturated heterocycles. The number of alkyl halides is 1. The Morgan fingerprint density at radius 2 is 2.33 bits per heavy atom. The van der Waals surface area contributed by atoms with Crippen LogP contribution in [0.1, 0.15) is 0 Å². The third-order valence-electron chi connectivity index (χ3n) is 1.63. The minimum Gasteiger partial charge on any atom is -0.382 e. The SMILES string of the molecule is COCC(F)Nc1ncnc(N)c1NN. The summed E-state index contributed by atoms with van der Waals surface area (Å²) in [5.74, 6) is 5.53. The van der Waals surface area contributed by atoms with E-state index in [1.165, 1.54) is 13.4 Å². The molecule has 0 aromatic carbocycles. The summed E-state index contributed by atoms with van der Waals surface area (Å²) in [6.07, 6.45) is -0.186. The smallest absolute Gasteiger partial charge is 0.194 e. The summed E-state index contributed by atoms with van der Waals surface area (Å²) < 4.78 is 17.7. The largest absolute Gasteiger partial charge is 0.382 e. The summed E-state index contributed by atoms with van der Waals surface area (Å²) in [6, 6.07) is 0. The summed E-state index contributed by atoms with van der Waals surface area (Å²) in [6.45, 7) is -0.103. The van der Waals surface area contributed by atoms with Crippen LogP contribution in [0.2, 0.25) is 0 Å². The fourth-order valence-corrected chi connectivity index (χ4v) is 0.987. The van der Waals surface area contributed by atoms with E-state index in [1.54, 1.807) is 0 Å². The van der Waals surface area contributed by atoms with Gasteiger partial charge in [0.05, 0.1) is 6.61 Å². The summed E-state index contributed by atoms with van der Waals surface area (Å²) in [7, 11) is 1.39. The molecule has 0 radical (unpaired) electrons. The highest BCUT2D eigenvalue weighted by Crippen LogP contribution is 2.23. The molecule has 0 saturated carbocycles. The zero-order valence-electron chi connectivity index (χ0n) is 8.20. The van der Waals surface area contributed by atoms with Gasteiger partial charge in [0.15, 0.2) is 17.9 Å². The minimum atomic E-state index is -1.39. The molecule has 0 aliphatic rings. The number of rotatable bonds is 5. The molecule has 0 fully saturated rings. The number of anilines is 3. The molecule has 0 bridgehead atoms. The molecule has 0 aliphatic heterocycles. The number of hydrazine groups is 1. The number of methoxy groups -OCH3 is 1. The lowest BCUT2D eigenvalue weighted by Gasteiger charge is -2.13. The van der Waals surface area contributed by atoms with Gasteiger partial charge in [-0.15, -0.1) is 0 Å². The minimum absolute atomic E-state index is 0.103. The Kier molecular flexibility index (Phi) is 4.01. The highest BCUT2D eigenvalue weighted by Gasteiger charge is 2.12. The van der Waals surface area contributed by atoms with Gasteiger partial charge in [-0.25, -0.2) is 14.4 Å². The molecule has 8 heteroatoms. The fraction of sp³-hybridized carbons (Fsp3) is 0.429. The molecule has 1 aromatic rings. The van der Waals surface area contributed by atoms with E-state index < -0.39 is 6.30 Å². The number of nitrogens with two attached hydrogens (primary N) is 2. The molecule has 1 atom stereocenters. The number of nitrogens with zero attached hydrogens (tertiary/aromatic N) is 2. The van der Waals surface area contributed by atoms with Crippen molar-refractivity contribution >= 4 is 17.3 Å². The van der Waals surface area contributed by atoms with Crippen molar-refractivity contribution in [1.29, 1.82) is 0 Å². The zero-order chi connectivity index (χ0) is 11.3. The van der Waals surface area contributed by atoms with Crippen molar-refractivity contribution in [1.82, 2.24) is 9.97 Å². The first-order chi connectivity index (χ1) is 7.19. The van der Waals surface area contributed by atoms with Crippen LogP contribution in [0.15, 0.2) is 6.33 Å². The predicted octanol–water partition coefficient (Wildman–Crippen LogP) is -0.302. The average Bonchev–Trinajstić information content (AvgIpc) is 2.18. The van der Waals surface area contributed by atoms with E-state index in [9.17, 15) is 4.39 Å². The molecule has 15 heavy (non-hydrogen) atoms. The number of aromatic nitrogens is 2. The standard InChI is InChI=1S/C7H13FN6O/c1-15-2-4(8)13-7-5(14-10)6(9)11-3-12-7/h3-4,14H,2,10H2,1H3,(H3,9,11,12,13). The van der Waals surface area contributed by atoms with Crippen molar-refractivity contribution in [2.75, 3.05) is 30.2 Å². The van der Waals surface area contributed by atoms with E-state index in [2.05, 4.69) is 25.4 Å². The predicted molar refractivity (Wildman–Crippen MR) is 54.6 cm³/mol. The van der Waals surface area contributed by atoms with Gasteiger partial charge >= 0.3 is 0 Å². The molecule has 0 spiro atoms. The van der Waals surface area contributed by atoms with Crippen LogP contribution >= 0.6 is 0 Å². The van der Waals surface area contributed by atoms with Crippen molar-refractivity contribution in [3.05, 3.63) is 6.33 Å². The maximum atomic E-state index is 13.1. The second-order valence-electron chi connectivity index (χ2n) is 2.69. The Morgan fingerprint density at radius 3 is 2.93 bits per heavy atom. The second kappa shape index (κ2) is 5.27. The van der Waals surface area contributed by atoms with E-state index in [1.807, 2.05) is 0 Å². The first-order valence-electron chi connectivity index (χ1n) is 4.15. The molecular weight excluding hydrogens is 203 g/mol. The molecule has 6 N–H and O–H groups in total. The topological polar surface area (TPSA) is 111 Å². The number of hydrogen-bond donors (Lipinski definition) is 4. The highest BCUT2D eigenvalue weighted by molar-refractivity contribution is 5.74. The second-order valence-corrected chi connectivity index (χ2v) is 2.69. The van der Waals surface area contributed by atoms with Crippen LogP contribution < -0.4 is 22.3 Å². The van der Waals surface area contributed by atoms with Crippen LogP contribution in [-0.4, -0.2) is 30.0 Å². The number of nitrogens with one attached hydrogen (secondary N) is 2. The molecular formula is C7H13FN6O. The Hall–Kier alpha value is -1.67. The van der Waals surface area contributed by atoms with Crippen LogP contribution in [0, 0.1) is 0 Å². The summed E-state index contributed by atoms with van der Waals surface area (Å²) in [5, 5.41) is 2.44. The van der Waals surface area contributed by atoms with Gasteiger partial charge in [-0.3, -0.25) is 5.84 Å². The maximum absolute atomic E-state index is 13.1. The lowest BCUT2D eigenvalue weighted by Crippen LogP contribution is -2.22. The third kappa shape index (κ3) is 2.89. The lowest BCUT2D eigenvalue weighted by molar-refractivity contribution is 0.137. The summed E-state index contributed by atoms with van der Waals surface area (Å²) >= 11 is 0. The molecule has 0 aliphatic carbocycles. The number of hydrogen-bond acceptors (Lipinski definition) is 7. The van der Waals surface area contributed by atoms with E-state index >= 15 is 0 Å². The van der Waals surface area contributed by atoms with Gasteiger partial charge in [0.1, 0.15) is 12.0 Å². The molecule has 84 valence electrons. The normalized spacial score (nSPS) is 12.2. The summed E-state index contributed by atoms with van der Waals surface area (Å²) in [4.78, 5) is 7.49. The Morgan fingerprint density at radius 1 is 1.60 bits per heavy atom. The van der Waals surface area contributed by atoms with Crippen LogP contribution in [0.25, 0.3) is 0 Å². The van der Waals surface area contributed by atoms with Crippen molar-refractivity contribution < 1.29 is 9.13 Å². The van der Waals surface area contributed by atoms with Crippen molar-refractivity contribution in [2.45, 2.75) is 6.30 Å². The van der Waals surface area contributed by atoms with Gasteiger partial charge in [0.25, 0.3) is 0 Å². The van der Waals surface area contributed by atoms with Gasteiger partial charge in [0, 0.05) is 7.11 Å². The van der Waals surface area contributed by atoms with Crippen LogP contribution in [0.3, 0.4) is 0 Å². The quantitative estimate of drug-likeness (QED) is 0.303. The molecule has 1 rings (SSSR count). The van der Waals surface area contributed by atoms with E-state index in [-0.39, 0.29) is 23.9 Å². The van der Waals surface area contributed by atoms with Crippen LogP contribution in [-0.2, 0) is 4.74 Å². The van der Waals surface area contributed by atoms with E-state index in [0.29, 0.717) is 0 Å². The number of ether oxygens (including phenoxy) is 1. The average molecular weight is 216 g/mol. The Bertz CT molecular complexity index is 322. The maximum Gasteiger partial charge on any atom is 0.194 e. The summed E-state index contributed by atoms with van der Waals surface area (Å²) in [5.41, 5.74) is 8.03. The number of nitrogen functional groups attached to an aromatic ring is 2. The van der Waals surface area contributed by atoms with Crippen molar-refractivity contribution in [3.8, 4) is 0 Å². The first-order valence-corrected chi connectivity index (χ1v) is 4.15. The lowest BCUT2D eigenvalue weighted by atomic mass is 10.4. The van der Waals surface area contributed by atoms with Gasteiger partial charge < -0.3 is 21.2 Å². The first kappa shape index (κ1) is 11.4. The molecule has 0 amide bonds. The van der Waals surface area contributed by atoms with Crippen LogP contribution in [0.5, 0.6) is 0 Å². The van der Waals surface area contributed by atoms with Gasteiger partial charge in [0.2, 0.25) is 0 Å². The van der Waals surface area contributed by atoms with Crippen LogP contribution in [0.4, 0.5) is 21.7 Å². The molecule has 7 nitrogen and oxygen atoms in total. The van der Waals surface area contributed by atoms with Crippen molar-refractivity contribution in [3.63, 3.8) is 0 Å². The van der Waals surface area contributed by atoms with Gasteiger partial charge in [-0.2, -0.15) is 0 Å². The monoisotopic (exact) mass is 216 g/mol. The van der Waals surface area contributed by atoms with Gasteiger partial charge in [-0.05, 0) is 0 Å². The molecule has 1 unspecified atom stereocenters. The number of halogens is 1. The Balaban J connectivity index is 2.80. The van der Waals surface area contributed by atoms with Crippen molar-refractivity contribution in [2.24, 2.45) is 5.84 Å². The third-order valence-corrected chi connectivity index (χ3v) is 1.63. The molecule has 1 heterocycles. The van der Waals surface area contributed by atoms with Gasteiger partial charge in [-0.1, -0.05) is 0 Å². The molecule has 1 aromatic heterocycles. The fourth-order valence-electron chi connectivity index (χ4n) is 0.987.